The van der Waals surface area contributed by atoms with Crippen molar-refractivity contribution in [2.24, 2.45) is 5.92 Å². The van der Waals surface area contributed by atoms with Crippen molar-refractivity contribution in [1.29, 1.82) is 0 Å². The van der Waals surface area contributed by atoms with E-state index < -0.39 is 11.6 Å². The van der Waals surface area contributed by atoms with Crippen LogP contribution < -0.4 is 10.6 Å². The van der Waals surface area contributed by atoms with Gasteiger partial charge in [-0.25, -0.2) is 4.79 Å². The summed E-state index contributed by atoms with van der Waals surface area (Å²) in [4.78, 5) is 39.2. The predicted molar refractivity (Wildman–Crippen MR) is 110 cm³/mol. The molecule has 0 radical (unpaired) electrons. The summed E-state index contributed by atoms with van der Waals surface area (Å²) < 4.78 is 0. The fraction of sp³-hybridized carbons (Fsp3) is 0.609. The molecular formula is C23H31N3O3. The zero-order valence-electron chi connectivity index (χ0n) is 17.4. The minimum Gasteiger partial charge on any atom is -0.348 e. The maximum absolute atomic E-state index is 13.0. The Kier molecular flexibility index (Phi) is 5.36. The maximum atomic E-state index is 13.0. The molecule has 1 spiro atoms. The highest BCUT2D eigenvalue weighted by molar-refractivity contribution is 6.09. The second-order valence-electron chi connectivity index (χ2n) is 8.96. The third kappa shape index (κ3) is 3.65. The lowest BCUT2D eigenvalue weighted by atomic mass is 9.73. The van der Waals surface area contributed by atoms with E-state index in [0.29, 0.717) is 6.42 Å². The molecule has 2 fully saturated rings. The van der Waals surface area contributed by atoms with Gasteiger partial charge in [0, 0.05) is 0 Å². The van der Waals surface area contributed by atoms with E-state index in [-0.39, 0.29) is 30.3 Å². The SMILES string of the molecule is C[C@H](NC(=O)CN1C(=O)N[C@@]2(CCCC[C@@H]2C)C1=O)c1ccc2c(c1)CCCC2. The molecule has 156 valence electrons. The molecule has 1 aromatic carbocycles. The van der Waals surface area contributed by atoms with Crippen LogP contribution in [-0.2, 0) is 22.4 Å². The van der Waals surface area contributed by atoms with Crippen molar-refractivity contribution in [2.45, 2.75) is 76.8 Å². The van der Waals surface area contributed by atoms with Crippen molar-refractivity contribution in [3.05, 3.63) is 34.9 Å². The lowest BCUT2D eigenvalue weighted by Crippen LogP contribution is -2.54. The van der Waals surface area contributed by atoms with Gasteiger partial charge in [0.05, 0.1) is 6.04 Å². The molecule has 4 rings (SSSR count). The summed E-state index contributed by atoms with van der Waals surface area (Å²) in [5.41, 5.74) is 3.02. The van der Waals surface area contributed by atoms with Gasteiger partial charge in [0.1, 0.15) is 12.1 Å². The maximum Gasteiger partial charge on any atom is 0.325 e. The Balaban J connectivity index is 1.40. The Bertz CT molecular complexity index is 837. The normalized spacial score (nSPS) is 27.5. The average molecular weight is 398 g/mol. The van der Waals surface area contributed by atoms with Crippen LogP contribution in [-0.4, -0.2) is 34.8 Å². The number of nitrogens with one attached hydrogen (secondary N) is 2. The van der Waals surface area contributed by atoms with Gasteiger partial charge in [-0.15, -0.1) is 0 Å². The minimum atomic E-state index is -0.820. The summed E-state index contributed by atoms with van der Waals surface area (Å²) >= 11 is 0. The molecule has 1 aromatic rings. The van der Waals surface area contributed by atoms with Crippen LogP contribution in [0.5, 0.6) is 0 Å². The van der Waals surface area contributed by atoms with Crippen LogP contribution in [0.25, 0.3) is 0 Å². The third-order valence-corrected chi connectivity index (χ3v) is 7.05. The highest BCUT2D eigenvalue weighted by atomic mass is 16.2. The average Bonchev–Trinajstić information content (AvgIpc) is 2.94. The number of amides is 4. The molecule has 1 saturated heterocycles. The second-order valence-corrected chi connectivity index (χ2v) is 8.96. The Hall–Kier alpha value is -2.37. The summed E-state index contributed by atoms with van der Waals surface area (Å²) in [6.07, 6.45) is 8.24. The zero-order valence-corrected chi connectivity index (χ0v) is 17.4. The van der Waals surface area contributed by atoms with Crippen LogP contribution in [0.1, 0.15) is 75.1 Å². The summed E-state index contributed by atoms with van der Waals surface area (Å²) in [7, 11) is 0. The van der Waals surface area contributed by atoms with Crippen molar-refractivity contribution in [3.63, 3.8) is 0 Å². The Labute approximate surface area is 172 Å². The number of rotatable bonds is 4. The first-order chi connectivity index (χ1) is 13.9. The quantitative estimate of drug-likeness (QED) is 0.766. The molecule has 0 bridgehead atoms. The van der Waals surface area contributed by atoms with Gasteiger partial charge in [0.25, 0.3) is 5.91 Å². The lowest BCUT2D eigenvalue weighted by molar-refractivity contribution is -0.137. The standard InChI is InChI=1S/C23H31N3O3/c1-15-7-5-6-12-23(15)21(28)26(22(29)25-23)14-20(27)24-16(2)18-11-10-17-8-3-4-9-19(17)13-18/h10-11,13,15-16H,3-9,12,14H2,1-2H3,(H,24,27)(H,25,29)/t15-,16-,23+/m0/s1. The number of carbonyl (C=O) groups is 3. The van der Waals surface area contributed by atoms with E-state index >= 15 is 0 Å². The van der Waals surface area contributed by atoms with Gasteiger partial charge in [-0.05, 0) is 68.1 Å². The summed E-state index contributed by atoms with van der Waals surface area (Å²) in [5.74, 6) is -0.458. The van der Waals surface area contributed by atoms with Gasteiger partial charge in [0.15, 0.2) is 0 Å². The molecular weight excluding hydrogens is 366 g/mol. The second kappa shape index (κ2) is 7.81. The molecule has 6 nitrogen and oxygen atoms in total. The number of aryl methyl sites for hydroxylation is 2. The van der Waals surface area contributed by atoms with Gasteiger partial charge in [0.2, 0.25) is 5.91 Å². The van der Waals surface area contributed by atoms with E-state index in [1.54, 1.807) is 0 Å². The van der Waals surface area contributed by atoms with Crippen molar-refractivity contribution >= 4 is 17.8 Å². The largest absolute Gasteiger partial charge is 0.348 e. The molecule has 2 N–H and O–H groups in total. The molecule has 29 heavy (non-hydrogen) atoms. The Morgan fingerprint density at radius 2 is 1.97 bits per heavy atom. The number of imide groups is 1. The predicted octanol–water partition coefficient (Wildman–Crippen LogP) is 3.24. The third-order valence-electron chi connectivity index (χ3n) is 7.05. The van der Waals surface area contributed by atoms with Crippen LogP contribution in [0.3, 0.4) is 0 Å². The highest BCUT2D eigenvalue weighted by Crippen LogP contribution is 2.38. The van der Waals surface area contributed by atoms with Crippen LogP contribution in [0.15, 0.2) is 18.2 Å². The van der Waals surface area contributed by atoms with Gasteiger partial charge >= 0.3 is 6.03 Å². The Morgan fingerprint density at radius 3 is 2.72 bits per heavy atom. The fourth-order valence-corrected chi connectivity index (χ4v) is 5.18. The van der Waals surface area contributed by atoms with E-state index in [9.17, 15) is 14.4 Å². The fourth-order valence-electron chi connectivity index (χ4n) is 5.18. The first-order valence-electron chi connectivity index (χ1n) is 11.0. The van der Waals surface area contributed by atoms with Crippen LogP contribution >= 0.6 is 0 Å². The molecule has 2 aliphatic carbocycles. The van der Waals surface area contributed by atoms with Gasteiger partial charge in [-0.3, -0.25) is 14.5 Å². The molecule has 1 heterocycles. The summed E-state index contributed by atoms with van der Waals surface area (Å²) in [6.45, 7) is 3.73. The molecule has 3 aliphatic rings. The summed E-state index contributed by atoms with van der Waals surface area (Å²) in [6, 6.07) is 5.81. The first-order valence-corrected chi connectivity index (χ1v) is 11.0. The molecule has 6 heteroatoms. The molecule has 0 aromatic heterocycles. The van der Waals surface area contributed by atoms with Crippen LogP contribution in [0, 0.1) is 5.92 Å². The van der Waals surface area contributed by atoms with Crippen molar-refractivity contribution in [2.75, 3.05) is 6.54 Å². The van der Waals surface area contributed by atoms with E-state index in [0.717, 1.165) is 42.6 Å². The van der Waals surface area contributed by atoms with Crippen molar-refractivity contribution < 1.29 is 14.4 Å². The van der Waals surface area contributed by atoms with E-state index in [2.05, 4.69) is 28.8 Å². The smallest absolute Gasteiger partial charge is 0.325 e. The number of fused-ring (bicyclic) bond motifs is 1. The van der Waals surface area contributed by atoms with Gasteiger partial charge in [-0.2, -0.15) is 0 Å². The minimum absolute atomic E-state index is 0.0928. The monoisotopic (exact) mass is 397 g/mol. The van der Waals surface area contributed by atoms with E-state index in [4.69, 9.17) is 0 Å². The number of carbonyl (C=O) groups excluding carboxylic acids is 3. The summed E-state index contributed by atoms with van der Waals surface area (Å²) in [5, 5.41) is 5.86. The van der Waals surface area contributed by atoms with Crippen LogP contribution in [0.2, 0.25) is 0 Å². The lowest BCUT2D eigenvalue weighted by Gasteiger charge is -2.36. The topological polar surface area (TPSA) is 78.5 Å². The number of nitrogens with zero attached hydrogens (tertiary/aromatic N) is 1. The molecule has 0 unspecified atom stereocenters. The molecule has 1 saturated carbocycles. The van der Waals surface area contributed by atoms with Gasteiger partial charge < -0.3 is 10.6 Å². The van der Waals surface area contributed by atoms with Crippen molar-refractivity contribution in [3.8, 4) is 0 Å². The van der Waals surface area contributed by atoms with Crippen LogP contribution in [0.4, 0.5) is 4.79 Å². The molecule has 1 aliphatic heterocycles. The van der Waals surface area contributed by atoms with Gasteiger partial charge in [-0.1, -0.05) is 38.0 Å². The van der Waals surface area contributed by atoms with E-state index in [1.165, 1.54) is 24.0 Å². The zero-order chi connectivity index (χ0) is 20.6. The number of urea groups is 1. The molecule has 3 atom stereocenters. The first kappa shape index (κ1) is 19.9. The number of hydrogen-bond acceptors (Lipinski definition) is 3. The number of hydrogen-bond donors (Lipinski definition) is 2. The van der Waals surface area contributed by atoms with E-state index in [1.807, 2.05) is 13.8 Å². The highest BCUT2D eigenvalue weighted by Gasteiger charge is 2.55. The number of benzene rings is 1. The molecule has 4 amide bonds. The Morgan fingerprint density at radius 1 is 1.21 bits per heavy atom. The van der Waals surface area contributed by atoms with Crippen molar-refractivity contribution in [1.82, 2.24) is 15.5 Å².